The second-order valence-electron chi connectivity index (χ2n) is 11.8. The number of pyridine rings is 3. The standard InChI is InChI=1S/C43H31N3/c1-28-25-39(46-43-38(28)24-23-36-14-13-29(2)44-42(36)43)34-19-15-31(16-20-34)32-17-21-35(22-18-32)41-27-37(30-9-5-3-6-10-30)26-40(45-41)33-11-7-4-8-12-33/h3-27H,1-2H3. The van der Waals surface area contributed by atoms with Gasteiger partial charge in [-0.2, -0.15) is 0 Å². The van der Waals surface area contributed by atoms with Gasteiger partial charge in [0.25, 0.3) is 0 Å². The monoisotopic (exact) mass is 589 g/mol. The van der Waals surface area contributed by atoms with Crippen molar-refractivity contribution in [2.75, 3.05) is 0 Å². The van der Waals surface area contributed by atoms with Gasteiger partial charge in [0, 0.05) is 33.2 Å². The van der Waals surface area contributed by atoms with Crippen LogP contribution in [-0.4, -0.2) is 15.0 Å². The summed E-state index contributed by atoms with van der Waals surface area (Å²) in [5, 5.41) is 2.25. The molecular formula is C43H31N3. The highest BCUT2D eigenvalue weighted by molar-refractivity contribution is 6.04. The molecule has 46 heavy (non-hydrogen) atoms. The Kier molecular flexibility index (Phi) is 6.92. The SMILES string of the molecule is Cc1ccc2ccc3c(C)cc(-c4ccc(-c5ccc(-c6cc(-c7ccccc7)cc(-c7ccccc7)n6)cc5)cc4)nc3c2n1. The molecule has 218 valence electrons. The van der Waals surface area contributed by atoms with E-state index in [-0.39, 0.29) is 0 Å². The Morgan fingerprint density at radius 2 is 0.826 bits per heavy atom. The van der Waals surface area contributed by atoms with Gasteiger partial charge in [-0.15, -0.1) is 0 Å². The van der Waals surface area contributed by atoms with E-state index < -0.39 is 0 Å². The summed E-state index contributed by atoms with van der Waals surface area (Å²) in [4.78, 5) is 15.0. The van der Waals surface area contributed by atoms with Crippen LogP contribution in [0.2, 0.25) is 0 Å². The molecule has 5 aromatic carbocycles. The van der Waals surface area contributed by atoms with Crippen LogP contribution in [0.15, 0.2) is 152 Å². The topological polar surface area (TPSA) is 38.7 Å². The van der Waals surface area contributed by atoms with Gasteiger partial charge in [-0.25, -0.2) is 9.97 Å². The normalized spacial score (nSPS) is 11.3. The van der Waals surface area contributed by atoms with Gasteiger partial charge >= 0.3 is 0 Å². The summed E-state index contributed by atoms with van der Waals surface area (Å²) in [6, 6.07) is 53.3. The van der Waals surface area contributed by atoms with Crippen LogP contribution in [-0.2, 0) is 0 Å². The lowest BCUT2D eigenvalue weighted by Crippen LogP contribution is -1.93. The number of aryl methyl sites for hydroxylation is 2. The smallest absolute Gasteiger partial charge is 0.0974 e. The van der Waals surface area contributed by atoms with Crippen molar-refractivity contribution in [1.29, 1.82) is 0 Å². The van der Waals surface area contributed by atoms with Gasteiger partial charge in [-0.3, -0.25) is 4.98 Å². The molecule has 3 heterocycles. The fourth-order valence-corrected chi connectivity index (χ4v) is 6.19. The molecule has 0 fully saturated rings. The predicted octanol–water partition coefficient (Wildman–Crippen LogP) is 11.1. The van der Waals surface area contributed by atoms with E-state index in [9.17, 15) is 0 Å². The van der Waals surface area contributed by atoms with Gasteiger partial charge in [0.15, 0.2) is 0 Å². The quantitative estimate of drug-likeness (QED) is 0.187. The number of hydrogen-bond donors (Lipinski definition) is 0. The van der Waals surface area contributed by atoms with E-state index >= 15 is 0 Å². The molecule has 0 aliphatic heterocycles. The Hall–Kier alpha value is -5.93. The molecule has 8 rings (SSSR count). The highest BCUT2D eigenvalue weighted by atomic mass is 14.8. The summed E-state index contributed by atoms with van der Waals surface area (Å²) >= 11 is 0. The summed E-state index contributed by atoms with van der Waals surface area (Å²) in [6.07, 6.45) is 0. The second-order valence-corrected chi connectivity index (χ2v) is 11.8. The highest BCUT2D eigenvalue weighted by Gasteiger charge is 2.12. The van der Waals surface area contributed by atoms with Gasteiger partial charge in [-0.05, 0) is 65.9 Å². The molecule has 0 saturated heterocycles. The Morgan fingerprint density at radius 3 is 1.43 bits per heavy atom. The van der Waals surface area contributed by atoms with E-state index in [2.05, 4.69) is 146 Å². The molecule has 8 aromatic rings. The molecule has 0 bridgehead atoms. The van der Waals surface area contributed by atoms with Crippen molar-refractivity contribution in [2.45, 2.75) is 13.8 Å². The molecular weight excluding hydrogens is 558 g/mol. The summed E-state index contributed by atoms with van der Waals surface area (Å²) in [6.45, 7) is 4.18. The highest BCUT2D eigenvalue weighted by Crippen LogP contribution is 2.33. The minimum Gasteiger partial charge on any atom is -0.251 e. The Morgan fingerprint density at radius 1 is 0.348 bits per heavy atom. The van der Waals surface area contributed by atoms with Crippen LogP contribution in [0.5, 0.6) is 0 Å². The van der Waals surface area contributed by atoms with Crippen LogP contribution in [0.1, 0.15) is 11.3 Å². The third-order valence-electron chi connectivity index (χ3n) is 8.68. The van der Waals surface area contributed by atoms with Crippen LogP contribution in [0.25, 0.3) is 77.8 Å². The van der Waals surface area contributed by atoms with Crippen LogP contribution in [0.4, 0.5) is 0 Å². The minimum atomic E-state index is 0.955. The average molecular weight is 590 g/mol. The first-order valence-corrected chi connectivity index (χ1v) is 15.6. The Balaban J connectivity index is 1.12. The maximum atomic E-state index is 5.11. The largest absolute Gasteiger partial charge is 0.251 e. The Labute approximate surface area is 268 Å². The maximum Gasteiger partial charge on any atom is 0.0974 e. The lowest BCUT2D eigenvalue weighted by molar-refractivity contribution is 1.25. The number of fused-ring (bicyclic) bond motifs is 3. The molecule has 0 N–H and O–H groups in total. The number of benzene rings is 5. The zero-order valence-electron chi connectivity index (χ0n) is 25.8. The molecule has 0 aliphatic rings. The van der Waals surface area contributed by atoms with Crippen LogP contribution in [0, 0.1) is 13.8 Å². The minimum absolute atomic E-state index is 0.955. The molecule has 0 atom stereocenters. The van der Waals surface area contributed by atoms with E-state index in [0.717, 1.165) is 78.0 Å². The van der Waals surface area contributed by atoms with Crippen molar-refractivity contribution in [1.82, 2.24) is 15.0 Å². The molecule has 0 aliphatic carbocycles. The van der Waals surface area contributed by atoms with Crippen LogP contribution >= 0.6 is 0 Å². The fraction of sp³-hybridized carbons (Fsp3) is 0.0465. The van der Waals surface area contributed by atoms with Gasteiger partial charge < -0.3 is 0 Å². The van der Waals surface area contributed by atoms with E-state index in [4.69, 9.17) is 15.0 Å². The lowest BCUT2D eigenvalue weighted by atomic mass is 9.97. The lowest BCUT2D eigenvalue weighted by Gasteiger charge is -2.11. The van der Waals surface area contributed by atoms with Crippen molar-refractivity contribution >= 4 is 21.8 Å². The van der Waals surface area contributed by atoms with Crippen molar-refractivity contribution in [3.63, 3.8) is 0 Å². The van der Waals surface area contributed by atoms with Gasteiger partial charge in [0.1, 0.15) is 0 Å². The first kappa shape index (κ1) is 27.6. The molecule has 3 heteroatoms. The molecule has 0 unspecified atom stereocenters. The molecule has 0 spiro atoms. The first-order valence-electron chi connectivity index (χ1n) is 15.6. The van der Waals surface area contributed by atoms with Crippen LogP contribution in [0.3, 0.4) is 0 Å². The summed E-state index contributed by atoms with van der Waals surface area (Å²) in [7, 11) is 0. The summed E-state index contributed by atoms with van der Waals surface area (Å²) in [5.74, 6) is 0. The van der Waals surface area contributed by atoms with Crippen LogP contribution < -0.4 is 0 Å². The average Bonchev–Trinajstić information content (AvgIpc) is 3.12. The third kappa shape index (κ3) is 5.22. The number of nitrogens with zero attached hydrogens (tertiary/aromatic N) is 3. The van der Waals surface area contributed by atoms with Crippen molar-refractivity contribution in [2.24, 2.45) is 0 Å². The third-order valence-corrected chi connectivity index (χ3v) is 8.68. The van der Waals surface area contributed by atoms with E-state index in [1.165, 1.54) is 11.1 Å². The Bertz CT molecular complexity index is 2290. The fourth-order valence-electron chi connectivity index (χ4n) is 6.19. The number of aromatic nitrogens is 3. The second kappa shape index (κ2) is 11.5. The molecule has 0 amide bonds. The maximum absolute atomic E-state index is 5.11. The molecule has 0 radical (unpaired) electrons. The molecule has 3 aromatic heterocycles. The summed E-state index contributed by atoms with van der Waals surface area (Å²) < 4.78 is 0. The number of hydrogen-bond acceptors (Lipinski definition) is 3. The van der Waals surface area contributed by atoms with Crippen molar-refractivity contribution in [3.05, 3.63) is 163 Å². The zero-order valence-corrected chi connectivity index (χ0v) is 25.8. The van der Waals surface area contributed by atoms with E-state index in [1.54, 1.807) is 0 Å². The van der Waals surface area contributed by atoms with Gasteiger partial charge in [-0.1, -0.05) is 127 Å². The predicted molar refractivity (Wildman–Crippen MR) is 191 cm³/mol. The first-order chi connectivity index (χ1) is 22.6. The molecule has 3 nitrogen and oxygen atoms in total. The number of rotatable bonds is 5. The zero-order chi connectivity index (χ0) is 31.0. The van der Waals surface area contributed by atoms with E-state index in [0.29, 0.717) is 0 Å². The van der Waals surface area contributed by atoms with Crippen molar-refractivity contribution < 1.29 is 0 Å². The van der Waals surface area contributed by atoms with Gasteiger partial charge in [0.2, 0.25) is 0 Å². The summed E-state index contributed by atoms with van der Waals surface area (Å²) in [5.41, 5.74) is 14.9. The van der Waals surface area contributed by atoms with Crippen molar-refractivity contribution in [3.8, 4) is 56.0 Å². The van der Waals surface area contributed by atoms with Gasteiger partial charge in [0.05, 0.1) is 28.1 Å². The molecule has 0 saturated carbocycles. The van der Waals surface area contributed by atoms with E-state index in [1.807, 2.05) is 19.1 Å².